The van der Waals surface area contributed by atoms with Gasteiger partial charge in [-0.15, -0.1) is 0 Å². The molecule has 0 bridgehead atoms. The molecule has 1 amide bonds. The number of carbonyl (C=O) groups is 2. The lowest BCUT2D eigenvalue weighted by Gasteiger charge is -2.13. The van der Waals surface area contributed by atoms with E-state index < -0.39 is 5.97 Å². The summed E-state index contributed by atoms with van der Waals surface area (Å²) in [5.74, 6) is 0.981. The number of imidazole rings is 1. The van der Waals surface area contributed by atoms with Gasteiger partial charge in [-0.2, -0.15) is 0 Å². The SMILES string of the molecule is COc1ccc(Nc2nc(-c3cccc(C(=O)Nc4ccc(C(=O)OCc5ccccc5)cc4)c3)cn3ccnc23)cc1OC. The van der Waals surface area contributed by atoms with Crippen LogP contribution < -0.4 is 20.1 Å². The molecule has 0 radical (unpaired) electrons. The van der Waals surface area contributed by atoms with Gasteiger partial charge in [-0.25, -0.2) is 14.8 Å². The smallest absolute Gasteiger partial charge is 0.338 e. The monoisotopic (exact) mass is 599 g/mol. The summed E-state index contributed by atoms with van der Waals surface area (Å²) in [7, 11) is 3.16. The number of hydrogen-bond donors (Lipinski definition) is 2. The number of fused-ring (bicyclic) bond motifs is 1. The highest BCUT2D eigenvalue weighted by Gasteiger charge is 2.14. The lowest BCUT2D eigenvalue weighted by atomic mass is 10.1. The van der Waals surface area contributed by atoms with Crippen molar-refractivity contribution in [1.82, 2.24) is 14.4 Å². The quantitative estimate of drug-likeness (QED) is 0.166. The molecule has 6 aromatic rings. The summed E-state index contributed by atoms with van der Waals surface area (Å²) in [6.45, 7) is 0.185. The molecular weight excluding hydrogens is 570 g/mol. The van der Waals surface area contributed by atoms with Crippen LogP contribution in [-0.4, -0.2) is 40.5 Å². The Hall–Kier alpha value is -6.16. The van der Waals surface area contributed by atoms with Crippen LogP contribution in [-0.2, 0) is 11.3 Å². The summed E-state index contributed by atoms with van der Waals surface area (Å²) >= 11 is 0. The van der Waals surface area contributed by atoms with E-state index >= 15 is 0 Å². The molecule has 0 saturated carbocycles. The molecule has 0 aliphatic carbocycles. The van der Waals surface area contributed by atoms with Crippen LogP contribution >= 0.6 is 0 Å². The predicted molar refractivity (Wildman–Crippen MR) is 171 cm³/mol. The van der Waals surface area contributed by atoms with Crippen molar-refractivity contribution in [1.29, 1.82) is 0 Å². The van der Waals surface area contributed by atoms with Crippen LogP contribution in [0.2, 0.25) is 0 Å². The Morgan fingerprint density at radius 1 is 0.800 bits per heavy atom. The topological polar surface area (TPSA) is 116 Å². The number of carbonyl (C=O) groups excluding carboxylic acids is 2. The van der Waals surface area contributed by atoms with Gasteiger partial charge < -0.3 is 29.2 Å². The van der Waals surface area contributed by atoms with Crippen molar-refractivity contribution < 1.29 is 23.8 Å². The average molecular weight is 600 g/mol. The molecule has 0 atom stereocenters. The molecule has 0 fully saturated rings. The number of amides is 1. The average Bonchev–Trinajstić information content (AvgIpc) is 3.57. The predicted octanol–water partition coefficient (Wildman–Crippen LogP) is 6.77. The van der Waals surface area contributed by atoms with Crippen molar-refractivity contribution in [3.63, 3.8) is 0 Å². The highest BCUT2D eigenvalue weighted by molar-refractivity contribution is 6.05. The minimum Gasteiger partial charge on any atom is -0.493 e. The third-order valence-electron chi connectivity index (χ3n) is 7.03. The molecule has 10 nitrogen and oxygen atoms in total. The molecule has 10 heteroatoms. The Kier molecular flexibility index (Phi) is 8.36. The van der Waals surface area contributed by atoms with Crippen LogP contribution in [0, 0.1) is 0 Å². The summed E-state index contributed by atoms with van der Waals surface area (Å²) in [6, 6.07) is 28.7. The highest BCUT2D eigenvalue weighted by Crippen LogP contribution is 2.32. The zero-order valence-electron chi connectivity index (χ0n) is 24.6. The number of rotatable bonds is 10. The molecule has 0 aliphatic heterocycles. The fraction of sp³-hybridized carbons (Fsp3) is 0.0857. The molecule has 4 aromatic carbocycles. The summed E-state index contributed by atoms with van der Waals surface area (Å²) in [5.41, 5.74) is 5.04. The molecule has 0 saturated heterocycles. The second-order valence-electron chi connectivity index (χ2n) is 10.0. The molecule has 2 heterocycles. The third kappa shape index (κ3) is 6.60. The number of nitrogens with zero attached hydrogens (tertiary/aromatic N) is 3. The number of esters is 1. The van der Waals surface area contributed by atoms with Crippen LogP contribution in [0.25, 0.3) is 16.9 Å². The van der Waals surface area contributed by atoms with Gasteiger partial charge in [-0.1, -0.05) is 42.5 Å². The molecular formula is C35H29N5O5. The summed E-state index contributed by atoms with van der Waals surface area (Å²) in [6.07, 6.45) is 5.38. The highest BCUT2D eigenvalue weighted by atomic mass is 16.5. The van der Waals surface area contributed by atoms with Crippen molar-refractivity contribution in [3.05, 3.63) is 132 Å². The first kappa shape index (κ1) is 28.9. The maximum Gasteiger partial charge on any atom is 0.338 e. The number of hydrogen-bond acceptors (Lipinski definition) is 8. The maximum absolute atomic E-state index is 13.2. The molecule has 0 aliphatic rings. The molecule has 0 unspecified atom stereocenters. The fourth-order valence-electron chi connectivity index (χ4n) is 4.72. The summed E-state index contributed by atoms with van der Waals surface area (Å²) in [5, 5.41) is 6.22. The third-order valence-corrected chi connectivity index (χ3v) is 7.03. The summed E-state index contributed by atoms with van der Waals surface area (Å²) in [4.78, 5) is 34.9. The molecule has 6 rings (SSSR count). The van der Waals surface area contributed by atoms with Crippen molar-refractivity contribution in [3.8, 4) is 22.8 Å². The van der Waals surface area contributed by atoms with Gasteiger partial charge in [0.15, 0.2) is 23.0 Å². The van der Waals surface area contributed by atoms with E-state index in [1.807, 2.05) is 65.3 Å². The Labute approximate surface area is 259 Å². The standard InChI is InChI=1S/C35H29N5O5/c1-43-30-16-15-28(20-31(30)44-2)37-32-33-36-17-18-40(33)21-29(39-32)25-9-6-10-26(19-25)34(41)38-27-13-11-24(12-14-27)35(42)45-22-23-7-4-3-5-8-23/h3-21H,22H2,1-2H3,(H,37,39)(H,38,41). The van der Waals surface area contributed by atoms with Crippen molar-refractivity contribution >= 4 is 34.7 Å². The Morgan fingerprint density at radius 3 is 2.36 bits per heavy atom. The van der Waals surface area contributed by atoms with E-state index in [4.69, 9.17) is 19.2 Å². The lowest BCUT2D eigenvalue weighted by Crippen LogP contribution is -2.12. The number of methoxy groups -OCH3 is 2. The van der Waals surface area contributed by atoms with Gasteiger partial charge in [0, 0.05) is 47.2 Å². The fourth-order valence-corrected chi connectivity index (χ4v) is 4.72. The van der Waals surface area contributed by atoms with E-state index in [9.17, 15) is 9.59 Å². The lowest BCUT2D eigenvalue weighted by molar-refractivity contribution is 0.0472. The normalized spacial score (nSPS) is 10.7. The van der Waals surface area contributed by atoms with Crippen molar-refractivity contribution in [2.75, 3.05) is 24.9 Å². The van der Waals surface area contributed by atoms with Crippen LogP contribution in [0.4, 0.5) is 17.2 Å². The van der Waals surface area contributed by atoms with Crippen LogP contribution in [0.5, 0.6) is 11.5 Å². The molecule has 2 aromatic heterocycles. The molecule has 45 heavy (non-hydrogen) atoms. The molecule has 0 spiro atoms. The van der Waals surface area contributed by atoms with E-state index in [1.165, 1.54) is 0 Å². The Morgan fingerprint density at radius 2 is 1.58 bits per heavy atom. The van der Waals surface area contributed by atoms with E-state index in [2.05, 4.69) is 15.6 Å². The zero-order chi connectivity index (χ0) is 31.2. The van der Waals surface area contributed by atoms with Crippen LogP contribution in [0.1, 0.15) is 26.3 Å². The minimum absolute atomic E-state index is 0.185. The number of benzene rings is 4. The maximum atomic E-state index is 13.2. The number of aromatic nitrogens is 3. The van der Waals surface area contributed by atoms with Gasteiger partial charge in [-0.3, -0.25) is 4.79 Å². The zero-order valence-corrected chi connectivity index (χ0v) is 24.6. The van der Waals surface area contributed by atoms with Gasteiger partial charge in [0.25, 0.3) is 5.91 Å². The van der Waals surface area contributed by atoms with E-state index in [1.54, 1.807) is 68.9 Å². The van der Waals surface area contributed by atoms with Gasteiger partial charge in [0.05, 0.1) is 25.5 Å². The number of anilines is 3. The van der Waals surface area contributed by atoms with Gasteiger partial charge >= 0.3 is 5.97 Å². The largest absolute Gasteiger partial charge is 0.493 e. The molecule has 224 valence electrons. The Balaban J connectivity index is 1.17. The van der Waals surface area contributed by atoms with Crippen LogP contribution in [0.15, 0.2) is 116 Å². The first-order chi connectivity index (χ1) is 22.0. The van der Waals surface area contributed by atoms with Crippen LogP contribution in [0.3, 0.4) is 0 Å². The van der Waals surface area contributed by atoms with Crippen molar-refractivity contribution in [2.24, 2.45) is 0 Å². The van der Waals surface area contributed by atoms with E-state index in [0.717, 1.165) is 16.8 Å². The van der Waals surface area contributed by atoms with E-state index in [-0.39, 0.29) is 12.5 Å². The first-order valence-corrected chi connectivity index (χ1v) is 14.1. The number of ether oxygens (including phenoxy) is 3. The minimum atomic E-state index is -0.438. The van der Waals surface area contributed by atoms with Gasteiger partial charge in [-0.05, 0) is 54.1 Å². The second-order valence-corrected chi connectivity index (χ2v) is 10.0. The van der Waals surface area contributed by atoms with E-state index in [0.29, 0.717) is 45.5 Å². The Bertz CT molecular complexity index is 1970. The molecule has 2 N–H and O–H groups in total. The summed E-state index contributed by atoms with van der Waals surface area (Å²) < 4.78 is 18.0. The van der Waals surface area contributed by atoms with Gasteiger partial charge in [0.2, 0.25) is 0 Å². The number of nitrogens with one attached hydrogen (secondary N) is 2. The second kappa shape index (κ2) is 13.0. The first-order valence-electron chi connectivity index (χ1n) is 14.1. The van der Waals surface area contributed by atoms with Gasteiger partial charge in [0.1, 0.15) is 6.61 Å². The van der Waals surface area contributed by atoms with Crippen molar-refractivity contribution in [2.45, 2.75) is 6.61 Å².